The van der Waals surface area contributed by atoms with Gasteiger partial charge in [0.15, 0.2) is 0 Å². The van der Waals surface area contributed by atoms with Crippen LogP contribution in [0.4, 0.5) is 5.69 Å². The van der Waals surface area contributed by atoms with E-state index in [-0.39, 0.29) is 5.91 Å². The Morgan fingerprint density at radius 1 is 0.825 bits per heavy atom. The third-order valence-electron chi connectivity index (χ3n) is 6.97. The molecule has 206 valence electrons. The molecule has 0 aliphatic rings. The number of carboxylic acids is 1. The number of benzene rings is 4. The number of hydrogen-bond acceptors (Lipinski definition) is 4. The Morgan fingerprint density at radius 2 is 1.48 bits per heavy atom. The molecule has 4 rings (SSSR count). The third kappa shape index (κ3) is 7.54. The van der Waals surface area contributed by atoms with Gasteiger partial charge in [-0.3, -0.25) is 4.79 Å². The fourth-order valence-corrected chi connectivity index (χ4v) is 5.20. The minimum atomic E-state index is -1.02. The second-order valence-corrected chi connectivity index (χ2v) is 11.0. The van der Waals surface area contributed by atoms with Gasteiger partial charge in [-0.25, -0.2) is 4.79 Å². The molecule has 0 heterocycles. The Hall–Kier alpha value is -4.03. The van der Waals surface area contributed by atoms with Crippen molar-refractivity contribution in [1.29, 1.82) is 0 Å². The molecule has 0 fully saturated rings. The van der Waals surface area contributed by atoms with Gasteiger partial charge in [0, 0.05) is 24.3 Å². The molecule has 1 atom stereocenters. The van der Waals surface area contributed by atoms with Crippen molar-refractivity contribution in [3.63, 3.8) is 0 Å². The van der Waals surface area contributed by atoms with Crippen molar-refractivity contribution < 1.29 is 14.7 Å². The molecule has 0 aromatic heterocycles. The first-order chi connectivity index (χ1) is 19.4. The Balaban J connectivity index is 1.70. The van der Waals surface area contributed by atoms with E-state index in [1.54, 1.807) is 11.8 Å². The van der Waals surface area contributed by atoms with Crippen molar-refractivity contribution in [3.05, 3.63) is 125 Å². The number of carboxylic acid groups (broad SMARTS) is 1. The number of aryl methyl sites for hydroxylation is 2. The number of carbonyl (C=O) groups excluding carboxylic acids is 1. The average Bonchev–Trinajstić information content (AvgIpc) is 2.96. The molecule has 0 radical (unpaired) electrons. The fourth-order valence-electron chi connectivity index (χ4n) is 4.73. The van der Waals surface area contributed by atoms with Crippen LogP contribution >= 0.6 is 11.8 Å². The monoisotopic (exact) mass is 552 g/mol. The molecule has 4 aromatic carbocycles. The van der Waals surface area contributed by atoms with Crippen LogP contribution in [0.15, 0.2) is 97.1 Å². The zero-order valence-corrected chi connectivity index (χ0v) is 24.1. The summed E-state index contributed by atoms with van der Waals surface area (Å²) in [7, 11) is 0. The quantitative estimate of drug-likeness (QED) is 0.196. The summed E-state index contributed by atoms with van der Waals surface area (Å²) in [5.74, 6) is -0.749. The maximum atomic E-state index is 13.5. The Bertz CT molecular complexity index is 1440. The van der Waals surface area contributed by atoms with Crippen LogP contribution in [-0.2, 0) is 17.9 Å². The zero-order valence-electron chi connectivity index (χ0n) is 23.3. The van der Waals surface area contributed by atoms with Crippen LogP contribution in [0.2, 0.25) is 0 Å². The zero-order chi connectivity index (χ0) is 28.5. The van der Waals surface area contributed by atoms with Crippen molar-refractivity contribution in [3.8, 4) is 11.1 Å². The van der Waals surface area contributed by atoms with Crippen LogP contribution in [-0.4, -0.2) is 35.0 Å². The number of hydrogen-bond donors (Lipinski definition) is 2. The molecule has 0 aliphatic carbocycles. The molecule has 0 saturated heterocycles. The van der Waals surface area contributed by atoms with Crippen LogP contribution in [0.3, 0.4) is 0 Å². The maximum Gasteiger partial charge on any atom is 0.326 e. The van der Waals surface area contributed by atoms with Crippen molar-refractivity contribution in [2.24, 2.45) is 0 Å². The number of nitrogens with one attached hydrogen (secondary N) is 1. The Labute approximate surface area is 241 Å². The van der Waals surface area contributed by atoms with Gasteiger partial charge in [-0.05, 0) is 84.4 Å². The predicted molar refractivity (Wildman–Crippen MR) is 166 cm³/mol. The van der Waals surface area contributed by atoms with E-state index in [4.69, 9.17) is 0 Å². The van der Waals surface area contributed by atoms with Crippen LogP contribution in [0.25, 0.3) is 11.1 Å². The Morgan fingerprint density at radius 3 is 2.15 bits per heavy atom. The molecule has 4 aromatic rings. The lowest BCUT2D eigenvalue weighted by Gasteiger charge is -2.26. The maximum absolute atomic E-state index is 13.5. The summed E-state index contributed by atoms with van der Waals surface area (Å²) in [6, 6.07) is 31.8. The summed E-state index contributed by atoms with van der Waals surface area (Å²) in [5.41, 5.74) is 7.88. The number of carbonyl (C=O) groups is 2. The topological polar surface area (TPSA) is 69.6 Å². The molecule has 0 spiro atoms. The summed E-state index contributed by atoms with van der Waals surface area (Å²) in [6.45, 7) is 5.49. The van der Waals surface area contributed by atoms with Gasteiger partial charge in [0.25, 0.3) is 5.91 Å². The number of nitrogens with zero attached hydrogens (tertiary/aromatic N) is 1. The fraction of sp³-hybridized carbons (Fsp3) is 0.235. The number of para-hydroxylation sites is 1. The lowest BCUT2D eigenvalue weighted by atomic mass is 9.93. The summed E-state index contributed by atoms with van der Waals surface area (Å²) in [6.07, 6.45) is 2.29. The molecule has 5 nitrogen and oxygen atoms in total. The van der Waals surface area contributed by atoms with E-state index in [1.165, 1.54) is 11.1 Å². The summed E-state index contributed by atoms with van der Waals surface area (Å²) in [4.78, 5) is 27.6. The number of thioether (sulfide) groups is 1. The highest BCUT2D eigenvalue weighted by atomic mass is 32.2. The van der Waals surface area contributed by atoms with Crippen LogP contribution in [0.5, 0.6) is 0 Å². The SMILES string of the molecule is CSCC[C@H](NC(=O)c1ccc(CN(Cc2ccc(C)cc2)c2ccccc2)cc1-c1ccccc1C)C(=O)O. The van der Waals surface area contributed by atoms with Crippen LogP contribution in [0, 0.1) is 13.8 Å². The van der Waals surface area contributed by atoms with Crippen LogP contribution < -0.4 is 10.2 Å². The number of aliphatic carboxylic acids is 1. The van der Waals surface area contributed by atoms with Gasteiger partial charge in [-0.2, -0.15) is 11.8 Å². The molecule has 2 N–H and O–H groups in total. The highest BCUT2D eigenvalue weighted by Crippen LogP contribution is 2.30. The highest BCUT2D eigenvalue weighted by molar-refractivity contribution is 7.98. The lowest BCUT2D eigenvalue weighted by molar-refractivity contribution is -0.139. The highest BCUT2D eigenvalue weighted by Gasteiger charge is 2.23. The minimum Gasteiger partial charge on any atom is -0.480 e. The van der Waals surface area contributed by atoms with Gasteiger partial charge in [-0.15, -0.1) is 0 Å². The molecule has 0 unspecified atom stereocenters. The van der Waals surface area contributed by atoms with Gasteiger partial charge in [-0.1, -0.05) is 78.4 Å². The lowest BCUT2D eigenvalue weighted by Crippen LogP contribution is -2.41. The normalized spacial score (nSPS) is 11.6. The van der Waals surface area contributed by atoms with E-state index in [0.29, 0.717) is 24.3 Å². The van der Waals surface area contributed by atoms with Gasteiger partial charge >= 0.3 is 5.97 Å². The standard InChI is InChI=1S/C34H36N2O3S/c1-24-13-15-26(16-14-24)22-36(28-10-5-4-6-11-28)23-27-17-18-30(31(21-27)29-12-8-7-9-25(29)2)33(37)35-32(34(38)39)19-20-40-3/h4-18,21,32H,19-20,22-23H2,1-3H3,(H,35,37)(H,38,39)/t32-/m0/s1. The first-order valence-corrected chi connectivity index (χ1v) is 14.8. The summed E-state index contributed by atoms with van der Waals surface area (Å²) in [5, 5.41) is 12.4. The van der Waals surface area contributed by atoms with E-state index in [1.807, 2.05) is 67.8 Å². The summed E-state index contributed by atoms with van der Waals surface area (Å²) < 4.78 is 0. The van der Waals surface area contributed by atoms with Gasteiger partial charge in [0.2, 0.25) is 0 Å². The van der Waals surface area contributed by atoms with E-state index >= 15 is 0 Å². The van der Waals surface area contributed by atoms with Crippen molar-refractivity contribution in [2.75, 3.05) is 16.9 Å². The molecule has 0 bridgehead atoms. The average molecular weight is 553 g/mol. The molecular weight excluding hydrogens is 516 g/mol. The van der Waals surface area contributed by atoms with Gasteiger partial charge < -0.3 is 15.3 Å². The second-order valence-electron chi connectivity index (χ2n) is 10.0. The molecule has 0 aliphatic heterocycles. The molecule has 1 amide bonds. The molecule has 40 heavy (non-hydrogen) atoms. The van der Waals surface area contributed by atoms with E-state index < -0.39 is 12.0 Å². The third-order valence-corrected chi connectivity index (χ3v) is 7.61. The van der Waals surface area contributed by atoms with Crippen molar-refractivity contribution in [1.82, 2.24) is 5.32 Å². The largest absolute Gasteiger partial charge is 0.480 e. The van der Waals surface area contributed by atoms with E-state index in [0.717, 1.165) is 34.5 Å². The predicted octanol–water partition coefficient (Wildman–Crippen LogP) is 7.11. The first-order valence-electron chi connectivity index (χ1n) is 13.4. The molecular formula is C34H36N2O3S. The van der Waals surface area contributed by atoms with Crippen molar-refractivity contribution in [2.45, 2.75) is 39.4 Å². The minimum absolute atomic E-state index is 0.366. The smallest absolute Gasteiger partial charge is 0.326 e. The van der Waals surface area contributed by atoms with Crippen molar-refractivity contribution >= 4 is 29.3 Å². The molecule has 6 heteroatoms. The number of amides is 1. The van der Waals surface area contributed by atoms with E-state index in [2.05, 4.69) is 59.6 Å². The first kappa shape index (κ1) is 29.0. The van der Waals surface area contributed by atoms with Gasteiger partial charge in [0.05, 0.1) is 0 Å². The number of rotatable bonds is 12. The second kappa shape index (κ2) is 13.9. The van der Waals surface area contributed by atoms with Crippen LogP contribution in [0.1, 0.15) is 39.0 Å². The van der Waals surface area contributed by atoms with E-state index in [9.17, 15) is 14.7 Å². The van der Waals surface area contributed by atoms with Gasteiger partial charge in [0.1, 0.15) is 6.04 Å². The number of anilines is 1. The molecule has 0 saturated carbocycles. The Kier molecular flexibility index (Phi) is 10.0. The summed E-state index contributed by atoms with van der Waals surface area (Å²) >= 11 is 1.56.